The average Bonchev–Trinajstić information content (AvgIpc) is 2.04. The molecule has 0 fully saturated rings. The molecule has 1 aromatic rings. The lowest BCUT2D eigenvalue weighted by Gasteiger charge is -2.12. The predicted octanol–water partition coefficient (Wildman–Crippen LogP) is 1.63. The first-order valence-corrected chi connectivity index (χ1v) is 4.21. The molecule has 0 aliphatic rings. The molecule has 2 atom stereocenters. The van der Waals surface area contributed by atoms with Crippen LogP contribution in [0, 0.1) is 5.82 Å². The maximum Gasteiger partial charge on any atom is 0.123 e. The zero-order valence-electron chi connectivity index (χ0n) is 7.44. The van der Waals surface area contributed by atoms with Crippen LogP contribution in [-0.4, -0.2) is 16.3 Å². The molecule has 13 heavy (non-hydrogen) atoms. The molecule has 0 saturated heterocycles. The third-order valence-corrected chi connectivity index (χ3v) is 1.82. The van der Waals surface area contributed by atoms with Crippen LogP contribution in [-0.2, 0) is 0 Å². The first-order chi connectivity index (χ1) is 6.09. The lowest BCUT2D eigenvalue weighted by Crippen LogP contribution is -2.07. The van der Waals surface area contributed by atoms with Crippen LogP contribution in [0.3, 0.4) is 0 Å². The second-order valence-corrected chi connectivity index (χ2v) is 3.15. The standard InChI is InChI=1S/C10H13FO2/c1-7(12)6-10(13)8-2-4-9(11)5-3-8/h2-5,7,10,12-13H,6H2,1H3. The molecule has 0 radical (unpaired) electrons. The highest BCUT2D eigenvalue weighted by Crippen LogP contribution is 2.18. The van der Waals surface area contributed by atoms with Gasteiger partial charge in [0, 0.05) is 6.42 Å². The van der Waals surface area contributed by atoms with E-state index in [1.54, 1.807) is 6.92 Å². The van der Waals surface area contributed by atoms with Crippen LogP contribution >= 0.6 is 0 Å². The molecule has 0 aromatic heterocycles. The highest BCUT2D eigenvalue weighted by Gasteiger charge is 2.09. The number of aliphatic hydroxyl groups is 2. The minimum absolute atomic E-state index is 0.269. The Labute approximate surface area is 76.6 Å². The van der Waals surface area contributed by atoms with Crippen LogP contribution in [0.2, 0.25) is 0 Å². The first-order valence-electron chi connectivity index (χ1n) is 4.21. The number of rotatable bonds is 3. The molecular weight excluding hydrogens is 171 g/mol. The molecule has 3 heteroatoms. The third kappa shape index (κ3) is 3.13. The Bertz CT molecular complexity index is 256. The molecule has 2 nitrogen and oxygen atoms in total. The third-order valence-electron chi connectivity index (χ3n) is 1.82. The van der Waals surface area contributed by atoms with Gasteiger partial charge in [0.2, 0.25) is 0 Å². The quantitative estimate of drug-likeness (QED) is 0.749. The van der Waals surface area contributed by atoms with Crippen LogP contribution < -0.4 is 0 Å². The number of aliphatic hydroxyl groups excluding tert-OH is 2. The van der Waals surface area contributed by atoms with E-state index in [0.29, 0.717) is 5.56 Å². The number of hydrogen-bond donors (Lipinski definition) is 2. The van der Waals surface area contributed by atoms with Crippen molar-refractivity contribution in [1.29, 1.82) is 0 Å². The molecule has 0 aliphatic heterocycles. The largest absolute Gasteiger partial charge is 0.393 e. The van der Waals surface area contributed by atoms with E-state index in [2.05, 4.69) is 0 Å². The Kier molecular flexibility index (Phi) is 3.39. The molecule has 1 rings (SSSR count). The van der Waals surface area contributed by atoms with Gasteiger partial charge in [-0.05, 0) is 24.6 Å². The summed E-state index contributed by atoms with van der Waals surface area (Å²) in [6.07, 6.45) is -1.01. The van der Waals surface area contributed by atoms with Crippen molar-refractivity contribution in [2.75, 3.05) is 0 Å². The number of halogens is 1. The van der Waals surface area contributed by atoms with E-state index in [4.69, 9.17) is 5.11 Å². The van der Waals surface area contributed by atoms with E-state index in [1.165, 1.54) is 24.3 Å². The summed E-state index contributed by atoms with van der Waals surface area (Å²) in [7, 11) is 0. The summed E-state index contributed by atoms with van der Waals surface area (Å²) in [5, 5.41) is 18.5. The summed E-state index contributed by atoms with van der Waals surface area (Å²) in [6.45, 7) is 1.60. The molecule has 72 valence electrons. The summed E-state index contributed by atoms with van der Waals surface area (Å²) in [4.78, 5) is 0. The van der Waals surface area contributed by atoms with Crippen LogP contribution in [0.25, 0.3) is 0 Å². The Balaban J connectivity index is 2.66. The second-order valence-electron chi connectivity index (χ2n) is 3.15. The fraction of sp³-hybridized carbons (Fsp3) is 0.400. The van der Waals surface area contributed by atoms with Gasteiger partial charge in [0.05, 0.1) is 12.2 Å². The topological polar surface area (TPSA) is 40.5 Å². The predicted molar refractivity (Wildman–Crippen MR) is 47.7 cm³/mol. The SMILES string of the molecule is CC(O)CC(O)c1ccc(F)cc1. The fourth-order valence-electron chi connectivity index (χ4n) is 1.14. The van der Waals surface area contributed by atoms with Gasteiger partial charge in [0.15, 0.2) is 0 Å². The van der Waals surface area contributed by atoms with Gasteiger partial charge in [-0.3, -0.25) is 0 Å². The second kappa shape index (κ2) is 4.35. The summed E-state index contributed by atoms with van der Waals surface area (Å²) in [6, 6.07) is 5.62. The molecule has 0 spiro atoms. The molecule has 2 N–H and O–H groups in total. The van der Waals surface area contributed by atoms with Crippen molar-refractivity contribution in [3.63, 3.8) is 0 Å². The Morgan fingerprint density at radius 2 is 1.77 bits per heavy atom. The molecule has 0 aliphatic carbocycles. The summed E-state index contributed by atoms with van der Waals surface area (Å²) < 4.78 is 12.5. The van der Waals surface area contributed by atoms with Gasteiger partial charge in [-0.15, -0.1) is 0 Å². The van der Waals surface area contributed by atoms with E-state index in [1.807, 2.05) is 0 Å². The molecule has 0 bridgehead atoms. The van der Waals surface area contributed by atoms with Gasteiger partial charge in [-0.25, -0.2) is 4.39 Å². The van der Waals surface area contributed by atoms with Gasteiger partial charge in [-0.1, -0.05) is 12.1 Å². The van der Waals surface area contributed by atoms with E-state index >= 15 is 0 Å². The zero-order chi connectivity index (χ0) is 9.84. The summed E-state index contributed by atoms with van der Waals surface area (Å²) in [5.41, 5.74) is 0.627. The number of benzene rings is 1. The monoisotopic (exact) mass is 184 g/mol. The molecule has 0 saturated carbocycles. The smallest absolute Gasteiger partial charge is 0.123 e. The Morgan fingerprint density at radius 1 is 1.23 bits per heavy atom. The average molecular weight is 184 g/mol. The minimum Gasteiger partial charge on any atom is -0.393 e. The van der Waals surface area contributed by atoms with Crippen molar-refractivity contribution in [1.82, 2.24) is 0 Å². The van der Waals surface area contributed by atoms with Crippen molar-refractivity contribution >= 4 is 0 Å². The van der Waals surface area contributed by atoms with E-state index < -0.39 is 12.2 Å². The van der Waals surface area contributed by atoms with Gasteiger partial charge in [-0.2, -0.15) is 0 Å². The van der Waals surface area contributed by atoms with Crippen molar-refractivity contribution in [2.24, 2.45) is 0 Å². The fourth-order valence-corrected chi connectivity index (χ4v) is 1.14. The molecule has 0 heterocycles. The van der Waals surface area contributed by atoms with Crippen molar-refractivity contribution < 1.29 is 14.6 Å². The van der Waals surface area contributed by atoms with Crippen molar-refractivity contribution in [3.8, 4) is 0 Å². The van der Waals surface area contributed by atoms with E-state index in [-0.39, 0.29) is 12.2 Å². The van der Waals surface area contributed by atoms with Crippen LogP contribution in [0.1, 0.15) is 25.0 Å². The number of hydrogen-bond acceptors (Lipinski definition) is 2. The van der Waals surface area contributed by atoms with Crippen LogP contribution in [0.15, 0.2) is 24.3 Å². The maximum atomic E-state index is 12.5. The Morgan fingerprint density at radius 3 is 2.23 bits per heavy atom. The normalized spacial score (nSPS) is 15.4. The lowest BCUT2D eigenvalue weighted by molar-refractivity contribution is 0.0907. The summed E-state index contributed by atoms with van der Waals surface area (Å²) >= 11 is 0. The zero-order valence-corrected chi connectivity index (χ0v) is 7.44. The highest BCUT2D eigenvalue weighted by molar-refractivity contribution is 5.18. The minimum atomic E-state index is -0.722. The van der Waals surface area contributed by atoms with Crippen molar-refractivity contribution in [2.45, 2.75) is 25.6 Å². The molecule has 0 amide bonds. The maximum absolute atomic E-state index is 12.5. The van der Waals surface area contributed by atoms with Gasteiger partial charge >= 0.3 is 0 Å². The highest BCUT2D eigenvalue weighted by atomic mass is 19.1. The van der Waals surface area contributed by atoms with Crippen LogP contribution in [0.5, 0.6) is 0 Å². The van der Waals surface area contributed by atoms with Gasteiger partial charge in [0.1, 0.15) is 5.82 Å². The molecule has 1 aromatic carbocycles. The van der Waals surface area contributed by atoms with Gasteiger partial charge < -0.3 is 10.2 Å². The first kappa shape index (κ1) is 10.2. The van der Waals surface area contributed by atoms with E-state index in [9.17, 15) is 9.50 Å². The van der Waals surface area contributed by atoms with E-state index in [0.717, 1.165) is 0 Å². The molecule has 2 unspecified atom stereocenters. The van der Waals surface area contributed by atoms with Gasteiger partial charge in [0.25, 0.3) is 0 Å². The lowest BCUT2D eigenvalue weighted by atomic mass is 10.0. The summed E-state index contributed by atoms with van der Waals surface area (Å²) in [5.74, 6) is -0.326. The van der Waals surface area contributed by atoms with Crippen LogP contribution in [0.4, 0.5) is 4.39 Å². The molecular formula is C10H13FO2. The van der Waals surface area contributed by atoms with Crippen molar-refractivity contribution in [3.05, 3.63) is 35.6 Å². The Hall–Kier alpha value is -0.930.